The van der Waals surface area contributed by atoms with Crippen LogP contribution in [0.15, 0.2) is 6.20 Å². The summed E-state index contributed by atoms with van der Waals surface area (Å²) in [6.45, 7) is 5.02. The predicted molar refractivity (Wildman–Crippen MR) is 56.5 cm³/mol. The van der Waals surface area contributed by atoms with Gasteiger partial charge in [0.05, 0.1) is 16.9 Å². The predicted octanol–water partition coefficient (Wildman–Crippen LogP) is 2.97. The molecule has 0 saturated heterocycles. The van der Waals surface area contributed by atoms with Crippen molar-refractivity contribution in [2.45, 2.75) is 26.8 Å². The number of nitrogens with zero attached hydrogens (tertiary/aromatic N) is 2. The number of rotatable bonds is 4. The minimum atomic E-state index is 0.446. The van der Waals surface area contributed by atoms with Crippen molar-refractivity contribution >= 4 is 23.2 Å². The van der Waals surface area contributed by atoms with Crippen LogP contribution >= 0.6 is 23.2 Å². The highest BCUT2D eigenvalue weighted by Gasteiger charge is 2.11. The molecule has 0 radical (unpaired) electrons. The van der Waals surface area contributed by atoms with Crippen molar-refractivity contribution in [2.75, 3.05) is 5.88 Å². The third kappa shape index (κ3) is 2.61. The summed E-state index contributed by atoms with van der Waals surface area (Å²) in [5.41, 5.74) is 1.09. The highest BCUT2D eigenvalue weighted by atomic mass is 35.5. The molecule has 1 heterocycles. The van der Waals surface area contributed by atoms with Gasteiger partial charge in [0.2, 0.25) is 0 Å². The first-order valence-electron chi connectivity index (χ1n) is 4.45. The summed E-state index contributed by atoms with van der Waals surface area (Å²) >= 11 is 11.7. The second kappa shape index (κ2) is 4.87. The lowest BCUT2D eigenvalue weighted by molar-refractivity contribution is 0.566. The van der Waals surface area contributed by atoms with E-state index in [1.54, 1.807) is 6.20 Å². The van der Waals surface area contributed by atoms with Crippen molar-refractivity contribution in [3.05, 3.63) is 16.9 Å². The largest absolute Gasteiger partial charge is 0.268 e. The molecule has 1 aromatic rings. The molecule has 0 fully saturated rings. The van der Waals surface area contributed by atoms with Crippen LogP contribution in [0.2, 0.25) is 5.02 Å². The van der Waals surface area contributed by atoms with Gasteiger partial charge in [-0.05, 0) is 19.3 Å². The first kappa shape index (κ1) is 10.9. The monoisotopic (exact) mass is 220 g/mol. The number of halogens is 2. The van der Waals surface area contributed by atoms with E-state index >= 15 is 0 Å². The number of hydrogen-bond acceptors (Lipinski definition) is 1. The highest BCUT2D eigenvalue weighted by molar-refractivity contribution is 6.31. The lowest BCUT2D eigenvalue weighted by atomic mass is 10.1. The van der Waals surface area contributed by atoms with Gasteiger partial charge in [-0.15, -0.1) is 11.6 Å². The molecule has 0 saturated carbocycles. The molecule has 4 heteroatoms. The third-order valence-electron chi connectivity index (χ3n) is 2.00. The minimum Gasteiger partial charge on any atom is -0.268 e. The fraction of sp³-hybridized carbons (Fsp3) is 0.667. The topological polar surface area (TPSA) is 17.8 Å². The molecular weight excluding hydrogens is 207 g/mol. The maximum Gasteiger partial charge on any atom is 0.0817 e. The smallest absolute Gasteiger partial charge is 0.0817 e. The third-order valence-corrected chi connectivity index (χ3v) is 2.85. The first-order valence-corrected chi connectivity index (χ1v) is 5.36. The van der Waals surface area contributed by atoms with Gasteiger partial charge in [-0.2, -0.15) is 5.10 Å². The Kier molecular flexibility index (Phi) is 4.07. The van der Waals surface area contributed by atoms with Crippen LogP contribution in [0.1, 0.15) is 19.5 Å². The summed E-state index contributed by atoms with van der Waals surface area (Å²) < 4.78 is 1.92. The molecule has 0 aliphatic carbocycles. The highest BCUT2D eigenvalue weighted by Crippen LogP contribution is 2.19. The Balaban J connectivity index is 2.79. The van der Waals surface area contributed by atoms with Gasteiger partial charge >= 0.3 is 0 Å². The van der Waals surface area contributed by atoms with Crippen LogP contribution in [0.4, 0.5) is 0 Å². The van der Waals surface area contributed by atoms with E-state index in [-0.39, 0.29) is 0 Å². The molecule has 0 amide bonds. The summed E-state index contributed by atoms with van der Waals surface area (Å²) in [4.78, 5) is 0. The fourth-order valence-electron chi connectivity index (χ4n) is 1.25. The minimum absolute atomic E-state index is 0.446. The molecule has 1 atom stereocenters. The van der Waals surface area contributed by atoms with Crippen molar-refractivity contribution in [1.82, 2.24) is 9.78 Å². The maximum atomic E-state index is 6.00. The Morgan fingerprint density at radius 2 is 2.31 bits per heavy atom. The van der Waals surface area contributed by atoms with Gasteiger partial charge in [0, 0.05) is 12.4 Å². The van der Waals surface area contributed by atoms with E-state index in [9.17, 15) is 0 Å². The average Bonchev–Trinajstić information content (AvgIpc) is 2.48. The van der Waals surface area contributed by atoms with Crippen molar-refractivity contribution in [3.8, 4) is 0 Å². The zero-order chi connectivity index (χ0) is 9.84. The molecule has 0 bridgehead atoms. The quantitative estimate of drug-likeness (QED) is 0.714. The summed E-state index contributed by atoms with van der Waals surface area (Å²) in [5, 5.41) is 4.91. The van der Waals surface area contributed by atoms with Crippen LogP contribution in [0.5, 0.6) is 0 Å². The number of hydrogen-bond donors (Lipinski definition) is 0. The summed E-state index contributed by atoms with van der Waals surface area (Å²) in [7, 11) is 0. The molecule has 2 nitrogen and oxygen atoms in total. The van der Waals surface area contributed by atoms with Crippen molar-refractivity contribution in [3.63, 3.8) is 0 Å². The number of alkyl halides is 1. The SMILES string of the molecule is CCn1ncc(Cl)c1CC(C)CCl. The van der Waals surface area contributed by atoms with Gasteiger partial charge in [0.25, 0.3) is 0 Å². The molecule has 1 unspecified atom stereocenters. The van der Waals surface area contributed by atoms with Crippen LogP contribution in [-0.2, 0) is 13.0 Å². The van der Waals surface area contributed by atoms with E-state index in [1.165, 1.54) is 0 Å². The van der Waals surface area contributed by atoms with Crippen LogP contribution < -0.4 is 0 Å². The summed E-state index contributed by atoms with van der Waals surface area (Å²) in [6.07, 6.45) is 2.59. The molecule has 1 aromatic heterocycles. The average molecular weight is 221 g/mol. The molecule has 74 valence electrons. The zero-order valence-electron chi connectivity index (χ0n) is 7.93. The second-order valence-electron chi connectivity index (χ2n) is 3.22. The molecule has 0 aliphatic rings. The van der Waals surface area contributed by atoms with E-state index in [4.69, 9.17) is 23.2 Å². The van der Waals surface area contributed by atoms with Gasteiger partial charge in [0.1, 0.15) is 0 Å². The number of aromatic nitrogens is 2. The Labute approximate surface area is 88.8 Å². The van der Waals surface area contributed by atoms with Gasteiger partial charge in [-0.3, -0.25) is 4.68 Å². The molecular formula is C9H14Cl2N2. The van der Waals surface area contributed by atoms with E-state index in [2.05, 4.69) is 18.9 Å². The molecule has 0 N–H and O–H groups in total. The molecule has 0 aliphatic heterocycles. The molecule has 13 heavy (non-hydrogen) atoms. The first-order chi connectivity index (χ1) is 6.19. The molecule has 0 aromatic carbocycles. The molecule has 1 rings (SSSR count). The standard InChI is InChI=1S/C9H14Cl2N2/c1-3-13-9(4-7(2)5-10)8(11)6-12-13/h6-7H,3-5H2,1-2H3. The second-order valence-corrected chi connectivity index (χ2v) is 3.93. The van der Waals surface area contributed by atoms with Crippen LogP contribution in [0.25, 0.3) is 0 Å². The molecule has 0 spiro atoms. The van der Waals surface area contributed by atoms with Crippen LogP contribution in [0, 0.1) is 5.92 Å². The maximum absolute atomic E-state index is 6.00. The Bertz CT molecular complexity index is 271. The number of aryl methyl sites for hydroxylation is 1. The van der Waals surface area contributed by atoms with Gasteiger partial charge in [0.15, 0.2) is 0 Å². The zero-order valence-corrected chi connectivity index (χ0v) is 9.44. The van der Waals surface area contributed by atoms with E-state index < -0.39 is 0 Å². The Morgan fingerprint density at radius 3 is 2.85 bits per heavy atom. The normalized spacial score (nSPS) is 13.2. The van der Waals surface area contributed by atoms with Gasteiger partial charge in [-0.25, -0.2) is 0 Å². The van der Waals surface area contributed by atoms with E-state index in [1.807, 2.05) is 4.68 Å². The van der Waals surface area contributed by atoms with Crippen LogP contribution in [-0.4, -0.2) is 15.7 Å². The van der Waals surface area contributed by atoms with Crippen molar-refractivity contribution < 1.29 is 0 Å². The summed E-state index contributed by atoms with van der Waals surface area (Å²) in [5.74, 6) is 1.10. The Morgan fingerprint density at radius 1 is 1.62 bits per heavy atom. The lowest BCUT2D eigenvalue weighted by Crippen LogP contribution is -2.08. The van der Waals surface area contributed by atoms with Crippen LogP contribution in [0.3, 0.4) is 0 Å². The van der Waals surface area contributed by atoms with Crippen molar-refractivity contribution in [1.29, 1.82) is 0 Å². The fourth-order valence-corrected chi connectivity index (χ4v) is 1.58. The Hall–Kier alpha value is -0.210. The lowest BCUT2D eigenvalue weighted by Gasteiger charge is -2.09. The van der Waals surface area contributed by atoms with Crippen molar-refractivity contribution in [2.24, 2.45) is 5.92 Å². The van der Waals surface area contributed by atoms with E-state index in [0.717, 1.165) is 23.7 Å². The van der Waals surface area contributed by atoms with Gasteiger partial charge in [-0.1, -0.05) is 18.5 Å². The van der Waals surface area contributed by atoms with Gasteiger partial charge < -0.3 is 0 Å². The summed E-state index contributed by atoms with van der Waals surface area (Å²) in [6, 6.07) is 0. The van der Waals surface area contributed by atoms with E-state index in [0.29, 0.717) is 11.8 Å².